The van der Waals surface area contributed by atoms with Crippen LogP contribution in [-0.2, 0) is 10.9 Å². The number of aromatic nitrogens is 2. The molecule has 2 rings (SSSR count). The van der Waals surface area contributed by atoms with E-state index in [1.807, 2.05) is 0 Å². The topological polar surface area (TPSA) is 60.2 Å². The van der Waals surface area contributed by atoms with Gasteiger partial charge in [0.05, 0.1) is 6.04 Å². The number of nitrogens with one attached hydrogen (secondary N) is 1. The fourth-order valence-electron chi connectivity index (χ4n) is 2.68. The van der Waals surface area contributed by atoms with Crippen molar-refractivity contribution in [3.63, 3.8) is 0 Å². The van der Waals surface area contributed by atoms with E-state index >= 15 is 0 Å². The molecule has 1 aliphatic carbocycles. The molecule has 1 fully saturated rings. The molecular weight excluding hydrogens is 287 g/mol. The molecule has 1 aliphatic rings. The number of ether oxygens (including phenoxy) is 1. The minimum absolute atomic E-state index is 0.0265. The van der Waals surface area contributed by atoms with Crippen LogP contribution in [0.1, 0.15) is 50.4 Å². The van der Waals surface area contributed by atoms with E-state index in [0.29, 0.717) is 5.92 Å². The molecule has 1 N–H and O–H groups in total. The molecule has 0 amide bonds. The van der Waals surface area contributed by atoms with Crippen LogP contribution in [0.25, 0.3) is 0 Å². The zero-order valence-corrected chi connectivity index (χ0v) is 12.1. The van der Waals surface area contributed by atoms with Gasteiger partial charge in [-0.2, -0.15) is 18.2 Å². The number of halogens is 3. The van der Waals surface area contributed by atoms with Crippen molar-refractivity contribution in [1.29, 1.82) is 0 Å². The number of alkyl halides is 3. The average molecular weight is 307 g/mol. The van der Waals surface area contributed by atoms with Gasteiger partial charge in [0.2, 0.25) is 5.89 Å². The fourth-order valence-corrected chi connectivity index (χ4v) is 2.68. The monoisotopic (exact) mass is 307 g/mol. The highest BCUT2D eigenvalue weighted by Gasteiger charge is 2.38. The third-order valence-electron chi connectivity index (χ3n) is 3.80. The highest BCUT2D eigenvalue weighted by Crippen LogP contribution is 2.29. The number of methoxy groups -OCH3 is 1. The molecule has 1 atom stereocenters. The molecule has 0 radical (unpaired) electrons. The third-order valence-corrected chi connectivity index (χ3v) is 3.80. The first kappa shape index (κ1) is 16.2. The van der Waals surface area contributed by atoms with Crippen LogP contribution in [0.5, 0.6) is 0 Å². The van der Waals surface area contributed by atoms with Gasteiger partial charge in [-0.1, -0.05) is 5.16 Å². The predicted octanol–water partition coefficient (Wildman–Crippen LogP) is 2.94. The summed E-state index contributed by atoms with van der Waals surface area (Å²) in [7, 11) is 1.69. The standard InChI is InChI=1S/C13H20F3N3O2/c1-8(11-18-12(19-21-11)13(14,15)16)17-10-5-3-9(4-6-10)7-20-2/h8-10,17H,3-7H2,1-2H3. The molecule has 0 spiro atoms. The Hall–Kier alpha value is -1.15. The van der Waals surface area contributed by atoms with Gasteiger partial charge in [0.25, 0.3) is 5.82 Å². The zero-order valence-electron chi connectivity index (χ0n) is 12.1. The number of hydrogen-bond acceptors (Lipinski definition) is 5. The van der Waals surface area contributed by atoms with Gasteiger partial charge in [0, 0.05) is 19.8 Å². The van der Waals surface area contributed by atoms with Gasteiger partial charge in [-0.05, 0) is 38.5 Å². The summed E-state index contributed by atoms with van der Waals surface area (Å²) in [6.45, 7) is 2.50. The van der Waals surface area contributed by atoms with Crippen molar-refractivity contribution in [1.82, 2.24) is 15.5 Å². The fraction of sp³-hybridized carbons (Fsp3) is 0.846. The Kier molecular flexibility index (Phi) is 5.21. The van der Waals surface area contributed by atoms with Crippen molar-refractivity contribution >= 4 is 0 Å². The number of hydrogen-bond donors (Lipinski definition) is 1. The molecule has 0 aromatic carbocycles. The Labute approximate surface area is 121 Å². The van der Waals surface area contributed by atoms with Crippen LogP contribution < -0.4 is 5.32 Å². The molecule has 1 unspecified atom stereocenters. The van der Waals surface area contributed by atoms with Gasteiger partial charge < -0.3 is 14.6 Å². The van der Waals surface area contributed by atoms with Gasteiger partial charge in [-0.15, -0.1) is 0 Å². The Morgan fingerprint density at radius 3 is 2.52 bits per heavy atom. The van der Waals surface area contributed by atoms with Crippen LogP contribution in [0.15, 0.2) is 4.52 Å². The quantitative estimate of drug-likeness (QED) is 0.906. The van der Waals surface area contributed by atoms with E-state index < -0.39 is 18.0 Å². The molecule has 1 aromatic heterocycles. The molecule has 21 heavy (non-hydrogen) atoms. The van der Waals surface area contributed by atoms with E-state index in [0.717, 1.165) is 32.3 Å². The summed E-state index contributed by atoms with van der Waals surface area (Å²) in [5.41, 5.74) is 0. The van der Waals surface area contributed by atoms with Crippen molar-refractivity contribution in [2.45, 2.75) is 50.9 Å². The summed E-state index contributed by atoms with van der Waals surface area (Å²) in [5, 5.41) is 6.23. The lowest BCUT2D eigenvalue weighted by atomic mass is 9.86. The van der Waals surface area contributed by atoms with Crippen LogP contribution in [0.3, 0.4) is 0 Å². The van der Waals surface area contributed by atoms with Crippen molar-refractivity contribution in [3.8, 4) is 0 Å². The van der Waals surface area contributed by atoms with Crippen molar-refractivity contribution in [3.05, 3.63) is 11.7 Å². The summed E-state index contributed by atoms with van der Waals surface area (Å²) in [6, 6.07) is -0.132. The molecule has 5 nitrogen and oxygen atoms in total. The first-order valence-corrected chi connectivity index (χ1v) is 7.06. The second-order valence-corrected chi connectivity index (χ2v) is 5.52. The smallest absolute Gasteiger partial charge is 0.384 e. The maximum Gasteiger partial charge on any atom is 0.455 e. The average Bonchev–Trinajstić information content (AvgIpc) is 2.91. The van der Waals surface area contributed by atoms with E-state index in [2.05, 4.69) is 15.5 Å². The Balaban J connectivity index is 1.85. The first-order chi connectivity index (χ1) is 9.90. The van der Waals surface area contributed by atoms with Crippen LogP contribution in [0, 0.1) is 5.92 Å². The molecule has 8 heteroatoms. The summed E-state index contributed by atoms with van der Waals surface area (Å²) >= 11 is 0. The van der Waals surface area contributed by atoms with Gasteiger partial charge in [-0.3, -0.25) is 0 Å². The van der Waals surface area contributed by atoms with Crippen LogP contribution in [-0.4, -0.2) is 29.9 Å². The normalized spacial score (nSPS) is 25.0. The van der Waals surface area contributed by atoms with E-state index in [-0.39, 0.29) is 11.9 Å². The minimum atomic E-state index is -4.57. The summed E-state index contributed by atoms with van der Waals surface area (Å²) in [5.74, 6) is -0.681. The largest absolute Gasteiger partial charge is 0.455 e. The number of rotatable bonds is 5. The lowest BCUT2D eigenvalue weighted by molar-refractivity contribution is -0.146. The summed E-state index contributed by atoms with van der Waals surface area (Å²) in [4.78, 5) is 3.41. The SMILES string of the molecule is COCC1CCC(NC(C)c2nc(C(F)(F)F)no2)CC1. The van der Waals surface area contributed by atoms with Crippen LogP contribution >= 0.6 is 0 Å². The second kappa shape index (κ2) is 6.74. The van der Waals surface area contributed by atoms with Crippen LogP contribution in [0.2, 0.25) is 0 Å². The lowest BCUT2D eigenvalue weighted by Crippen LogP contribution is -2.35. The molecule has 1 saturated carbocycles. The van der Waals surface area contributed by atoms with E-state index in [1.165, 1.54) is 0 Å². The molecule has 1 aromatic rings. The van der Waals surface area contributed by atoms with E-state index in [1.54, 1.807) is 14.0 Å². The van der Waals surface area contributed by atoms with Gasteiger partial charge in [0.15, 0.2) is 0 Å². The Bertz CT molecular complexity index is 442. The first-order valence-electron chi connectivity index (χ1n) is 7.06. The third kappa shape index (κ3) is 4.41. The van der Waals surface area contributed by atoms with Crippen molar-refractivity contribution in [2.75, 3.05) is 13.7 Å². The molecular formula is C13H20F3N3O2. The Morgan fingerprint density at radius 1 is 1.33 bits per heavy atom. The summed E-state index contributed by atoms with van der Waals surface area (Å²) < 4.78 is 47.1. The maximum absolute atomic E-state index is 12.4. The number of nitrogens with zero attached hydrogens (tertiary/aromatic N) is 2. The van der Waals surface area contributed by atoms with E-state index in [9.17, 15) is 13.2 Å². The maximum atomic E-state index is 12.4. The predicted molar refractivity (Wildman–Crippen MR) is 68.5 cm³/mol. The van der Waals surface area contributed by atoms with E-state index in [4.69, 9.17) is 9.26 Å². The van der Waals surface area contributed by atoms with Gasteiger partial charge in [-0.25, -0.2) is 0 Å². The summed E-state index contributed by atoms with van der Waals surface area (Å²) in [6.07, 6.45) is -0.525. The van der Waals surface area contributed by atoms with Crippen molar-refractivity contribution < 1.29 is 22.4 Å². The highest BCUT2D eigenvalue weighted by molar-refractivity contribution is 4.95. The Morgan fingerprint density at radius 2 is 2.00 bits per heavy atom. The highest BCUT2D eigenvalue weighted by atomic mass is 19.4. The second-order valence-electron chi connectivity index (χ2n) is 5.52. The minimum Gasteiger partial charge on any atom is -0.384 e. The molecule has 1 heterocycles. The molecule has 0 bridgehead atoms. The molecule has 120 valence electrons. The van der Waals surface area contributed by atoms with Gasteiger partial charge in [0.1, 0.15) is 0 Å². The van der Waals surface area contributed by atoms with Gasteiger partial charge >= 0.3 is 6.18 Å². The van der Waals surface area contributed by atoms with Crippen molar-refractivity contribution in [2.24, 2.45) is 5.92 Å². The zero-order chi connectivity index (χ0) is 15.5. The van der Waals surface area contributed by atoms with Crippen LogP contribution in [0.4, 0.5) is 13.2 Å². The molecule has 0 saturated heterocycles. The molecule has 0 aliphatic heterocycles. The lowest BCUT2D eigenvalue weighted by Gasteiger charge is -2.30.